The summed E-state index contributed by atoms with van der Waals surface area (Å²) in [5.74, 6) is 1.75. The highest BCUT2D eigenvalue weighted by molar-refractivity contribution is 6.11. The van der Waals surface area contributed by atoms with Gasteiger partial charge in [0.05, 0.1) is 32.5 Å². The van der Waals surface area contributed by atoms with Gasteiger partial charge in [0.15, 0.2) is 0 Å². The predicted octanol–water partition coefficient (Wildman–Crippen LogP) is 6.38. The Morgan fingerprint density at radius 2 is 1.82 bits per heavy atom. The summed E-state index contributed by atoms with van der Waals surface area (Å²) in [6.07, 6.45) is 3.61. The van der Waals surface area contributed by atoms with E-state index in [1.165, 1.54) is 0 Å². The normalized spacial score (nSPS) is 15.8. The largest absolute Gasteiger partial charge is 0.507 e. The number of phenols is 1. The molecule has 202 valence electrons. The van der Waals surface area contributed by atoms with Gasteiger partial charge in [-0.2, -0.15) is 0 Å². The van der Waals surface area contributed by atoms with Crippen LogP contribution in [0.3, 0.4) is 0 Å². The van der Waals surface area contributed by atoms with Gasteiger partial charge in [-0.3, -0.25) is 9.88 Å². The Morgan fingerprint density at radius 1 is 1.08 bits per heavy atom. The van der Waals surface area contributed by atoms with Crippen molar-refractivity contribution in [2.45, 2.75) is 47.3 Å². The van der Waals surface area contributed by atoms with Gasteiger partial charge in [-0.25, -0.2) is 0 Å². The summed E-state index contributed by atoms with van der Waals surface area (Å²) in [5, 5.41) is 14.6. The van der Waals surface area contributed by atoms with Crippen LogP contribution in [-0.2, 0) is 16.1 Å². The molecule has 3 heterocycles. The lowest BCUT2D eigenvalue weighted by Gasteiger charge is -2.36. The second-order valence-corrected chi connectivity index (χ2v) is 11.1. The Balaban J connectivity index is 1.79. The van der Waals surface area contributed by atoms with Gasteiger partial charge < -0.3 is 23.7 Å². The van der Waals surface area contributed by atoms with E-state index in [2.05, 4.69) is 30.7 Å². The molecule has 4 aromatic rings. The van der Waals surface area contributed by atoms with Crippen molar-refractivity contribution in [1.82, 2.24) is 9.88 Å². The number of aromatic nitrogens is 1. The number of fused-ring (bicyclic) bond motifs is 3. The lowest BCUT2D eigenvalue weighted by molar-refractivity contribution is 0.0238. The quantitative estimate of drug-likeness (QED) is 0.290. The predicted molar refractivity (Wildman–Crippen MR) is 149 cm³/mol. The second kappa shape index (κ2) is 10.9. The standard InChI is InChI=1S/C31H38N2O5/c1-6-35-18-25-20(2)38-30-23-8-7-22(37-19-31(3,4)5)17-24(23)29(34)27(26(25)30)28(21-9-11-32-12-10-21)33-13-15-36-16-14-33/h7-12,17,28,34H,6,13-16,18-19H2,1-5H3. The molecule has 1 aliphatic rings. The summed E-state index contributed by atoms with van der Waals surface area (Å²) in [4.78, 5) is 6.62. The van der Waals surface area contributed by atoms with E-state index in [0.717, 1.165) is 57.6 Å². The number of pyridine rings is 1. The SMILES string of the molecule is CCOCc1c(C)oc2c1c(C(c1ccncc1)N1CCOCC1)c(O)c1cc(OCC(C)(C)C)ccc12. The first-order chi connectivity index (χ1) is 18.3. The summed E-state index contributed by atoms with van der Waals surface area (Å²) in [7, 11) is 0. The fourth-order valence-corrected chi connectivity index (χ4v) is 5.21. The molecule has 0 aliphatic carbocycles. The van der Waals surface area contributed by atoms with Crippen LogP contribution in [0.5, 0.6) is 11.5 Å². The summed E-state index contributed by atoms with van der Waals surface area (Å²) in [5.41, 5.74) is 3.62. The summed E-state index contributed by atoms with van der Waals surface area (Å²) in [6.45, 7) is 14.7. The maximum atomic E-state index is 12.1. The molecule has 1 atom stereocenters. The number of furan rings is 1. The van der Waals surface area contributed by atoms with Crippen LogP contribution in [0.4, 0.5) is 0 Å². The maximum Gasteiger partial charge on any atom is 0.143 e. The molecule has 38 heavy (non-hydrogen) atoms. The third-order valence-electron chi connectivity index (χ3n) is 7.05. The first kappa shape index (κ1) is 26.5. The van der Waals surface area contributed by atoms with Gasteiger partial charge in [0.25, 0.3) is 0 Å². The summed E-state index contributed by atoms with van der Waals surface area (Å²) in [6, 6.07) is 9.70. The van der Waals surface area contributed by atoms with Crippen LogP contribution in [0, 0.1) is 12.3 Å². The molecule has 5 rings (SSSR count). The number of benzene rings is 2. The van der Waals surface area contributed by atoms with Crippen LogP contribution < -0.4 is 4.74 Å². The van der Waals surface area contributed by atoms with Crippen molar-refractivity contribution in [3.63, 3.8) is 0 Å². The van der Waals surface area contributed by atoms with Gasteiger partial charge in [0, 0.05) is 59.4 Å². The number of hydrogen-bond acceptors (Lipinski definition) is 7. The van der Waals surface area contributed by atoms with E-state index in [4.69, 9.17) is 18.6 Å². The van der Waals surface area contributed by atoms with Crippen LogP contribution in [0.25, 0.3) is 21.7 Å². The monoisotopic (exact) mass is 518 g/mol. The average Bonchev–Trinajstić information content (AvgIpc) is 3.24. The van der Waals surface area contributed by atoms with E-state index in [1.54, 1.807) is 12.4 Å². The van der Waals surface area contributed by atoms with Crippen LogP contribution >= 0.6 is 0 Å². The van der Waals surface area contributed by atoms with Crippen molar-refractivity contribution >= 4 is 21.7 Å². The van der Waals surface area contributed by atoms with Crippen molar-refractivity contribution in [2.75, 3.05) is 39.5 Å². The van der Waals surface area contributed by atoms with Gasteiger partial charge in [-0.15, -0.1) is 0 Å². The highest BCUT2D eigenvalue weighted by Crippen LogP contribution is 2.48. The minimum Gasteiger partial charge on any atom is -0.507 e. The van der Waals surface area contributed by atoms with Crippen molar-refractivity contribution in [1.29, 1.82) is 0 Å². The number of nitrogens with zero attached hydrogens (tertiary/aromatic N) is 2. The Hall–Kier alpha value is -3.13. The third kappa shape index (κ3) is 5.23. The molecular weight excluding hydrogens is 480 g/mol. The molecule has 0 amide bonds. The van der Waals surface area contributed by atoms with Gasteiger partial charge in [-0.05, 0) is 55.2 Å². The number of aryl methyl sites for hydroxylation is 1. The van der Waals surface area contributed by atoms with Crippen molar-refractivity contribution in [3.05, 3.63) is 65.2 Å². The number of aromatic hydroxyl groups is 1. The van der Waals surface area contributed by atoms with Gasteiger partial charge in [-0.1, -0.05) is 20.8 Å². The maximum absolute atomic E-state index is 12.1. The van der Waals surface area contributed by atoms with E-state index in [9.17, 15) is 5.11 Å². The van der Waals surface area contributed by atoms with Gasteiger partial charge >= 0.3 is 0 Å². The van der Waals surface area contributed by atoms with Crippen LogP contribution in [0.2, 0.25) is 0 Å². The van der Waals surface area contributed by atoms with Crippen molar-refractivity contribution in [3.8, 4) is 11.5 Å². The lowest BCUT2D eigenvalue weighted by Crippen LogP contribution is -2.39. The topological polar surface area (TPSA) is 77.2 Å². The van der Waals surface area contributed by atoms with E-state index < -0.39 is 0 Å². The molecule has 0 radical (unpaired) electrons. The summed E-state index contributed by atoms with van der Waals surface area (Å²) < 4.78 is 24.1. The molecule has 1 aliphatic heterocycles. The summed E-state index contributed by atoms with van der Waals surface area (Å²) >= 11 is 0. The number of rotatable bonds is 8. The zero-order valence-electron chi connectivity index (χ0n) is 23.0. The Labute approximate surface area is 224 Å². The molecule has 1 fully saturated rings. The lowest BCUT2D eigenvalue weighted by atomic mass is 9.89. The van der Waals surface area contributed by atoms with E-state index in [-0.39, 0.29) is 17.2 Å². The molecule has 7 heteroatoms. The van der Waals surface area contributed by atoms with E-state index >= 15 is 0 Å². The third-order valence-corrected chi connectivity index (χ3v) is 7.05. The van der Waals surface area contributed by atoms with Crippen LogP contribution in [0.15, 0.2) is 47.1 Å². The van der Waals surface area contributed by atoms with Crippen LogP contribution in [-0.4, -0.2) is 54.5 Å². The zero-order valence-corrected chi connectivity index (χ0v) is 23.0. The first-order valence-corrected chi connectivity index (χ1v) is 13.4. The number of ether oxygens (including phenoxy) is 3. The second-order valence-electron chi connectivity index (χ2n) is 11.1. The molecule has 0 spiro atoms. The number of morpholine rings is 1. The average molecular weight is 519 g/mol. The van der Waals surface area contributed by atoms with Crippen molar-refractivity contribution in [2.24, 2.45) is 5.41 Å². The van der Waals surface area contributed by atoms with Crippen LogP contribution in [0.1, 0.15) is 56.2 Å². The highest BCUT2D eigenvalue weighted by atomic mass is 16.5. The van der Waals surface area contributed by atoms with E-state index in [0.29, 0.717) is 38.4 Å². The minimum absolute atomic E-state index is 0.0151. The van der Waals surface area contributed by atoms with Gasteiger partial charge in [0.2, 0.25) is 0 Å². The molecule has 2 aromatic heterocycles. The fraction of sp³-hybridized carbons (Fsp3) is 0.452. The molecule has 7 nitrogen and oxygen atoms in total. The Kier molecular flexibility index (Phi) is 7.61. The molecule has 2 aromatic carbocycles. The van der Waals surface area contributed by atoms with Gasteiger partial charge in [0.1, 0.15) is 22.8 Å². The molecule has 1 saturated heterocycles. The highest BCUT2D eigenvalue weighted by Gasteiger charge is 2.32. The number of phenolic OH excluding ortho intramolecular Hbond substituents is 1. The Morgan fingerprint density at radius 3 is 2.50 bits per heavy atom. The molecule has 1 unspecified atom stereocenters. The van der Waals surface area contributed by atoms with E-state index in [1.807, 2.05) is 44.2 Å². The molecule has 0 bridgehead atoms. The first-order valence-electron chi connectivity index (χ1n) is 13.4. The zero-order chi connectivity index (χ0) is 26.9. The van der Waals surface area contributed by atoms with Crippen molar-refractivity contribution < 1.29 is 23.7 Å². The minimum atomic E-state index is -0.217. The number of hydrogen-bond donors (Lipinski definition) is 1. The smallest absolute Gasteiger partial charge is 0.143 e. The molecular formula is C31H38N2O5. The fourth-order valence-electron chi connectivity index (χ4n) is 5.21. The molecule has 0 saturated carbocycles. The Bertz CT molecular complexity index is 1400. The molecule has 1 N–H and O–H groups in total.